The van der Waals surface area contributed by atoms with Crippen LogP contribution < -0.4 is 5.73 Å². The molecule has 0 bridgehead atoms. The van der Waals surface area contributed by atoms with E-state index in [2.05, 4.69) is 18.9 Å². The molecule has 1 saturated carbocycles. The molecule has 17 heavy (non-hydrogen) atoms. The van der Waals surface area contributed by atoms with Gasteiger partial charge in [0.1, 0.15) is 0 Å². The number of rotatable bonds is 4. The summed E-state index contributed by atoms with van der Waals surface area (Å²) in [7, 11) is 2.14. The molecule has 98 valence electrons. The lowest BCUT2D eigenvalue weighted by atomic mass is 10.1. The van der Waals surface area contributed by atoms with Crippen molar-refractivity contribution < 1.29 is 4.79 Å². The van der Waals surface area contributed by atoms with Gasteiger partial charge in [-0.15, -0.1) is 0 Å². The predicted octanol–water partition coefficient (Wildman–Crippen LogP) is 0.666. The Hall–Kier alpha value is -0.610. The zero-order chi connectivity index (χ0) is 12.4. The van der Waals surface area contributed by atoms with Crippen LogP contribution in [-0.2, 0) is 4.79 Å². The van der Waals surface area contributed by atoms with E-state index in [1.807, 2.05) is 4.90 Å². The van der Waals surface area contributed by atoms with Gasteiger partial charge >= 0.3 is 0 Å². The topological polar surface area (TPSA) is 49.6 Å². The van der Waals surface area contributed by atoms with Crippen LogP contribution in [0.1, 0.15) is 32.6 Å². The lowest BCUT2D eigenvalue weighted by Gasteiger charge is -2.40. The van der Waals surface area contributed by atoms with E-state index in [4.69, 9.17) is 5.73 Å². The summed E-state index contributed by atoms with van der Waals surface area (Å²) < 4.78 is 0. The molecule has 1 heterocycles. The molecular weight excluding hydrogens is 214 g/mol. The van der Waals surface area contributed by atoms with E-state index in [9.17, 15) is 4.79 Å². The summed E-state index contributed by atoms with van der Waals surface area (Å²) in [6.07, 6.45) is 4.52. The Morgan fingerprint density at radius 3 is 2.71 bits per heavy atom. The number of hydrogen-bond acceptors (Lipinski definition) is 3. The molecule has 2 N–H and O–H groups in total. The lowest BCUT2D eigenvalue weighted by molar-refractivity contribution is -0.135. The predicted molar refractivity (Wildman–Crippen MR) is 68.6 cm³/mol. The second kappa shape index (κ2) is 5.36. The minimum atomic E-state index is -0.261. The molecule has 2 aliphatic rings. The maximum absolute atomic E-state index is 12.2. The number of carbonyl (C=O) groups is 1. The van der Waals surface area contributed by atoms with Gasteiger partial charge in [-0.2, -0.15) is 0 Å². The van der Waals surface area contributed by atoms with Gasteiger partial charge in [0, 0.05) is 25.7 Å². The van der Waals surface area contributed by atoms with Crippen molar-refractivity contribution in [2.75, 3.05) is 26.7 Å². The van der Waals surface area contributed by atoms with E-state index in [0.29, 0.717) is 6.04 Å². The average Bonchev–Trinajstić information content (AvgIpc) is 3.12. The monoisotopic (exact) mass is 239 g/mol. The Morgan fingerprint density at radius 1 is 1.41 bits per heavy atom. The summed E-state index contributed by atoms with van der Waals surface area (Å²) >= 11 is 0. The number of nitrogens with zero attached hydrogens (tertiary/aromatic N) is 2. The van der Waals surface area contributed by atoms with Gasteiger partial charge in [-0.1, -0.05) is 19.8 Å². The van der Waals surface area contributed by atoms with Gasteiger partial charge in [-0.3, -0.25) is 9.69 Å². The highest BCUT2D eigenvalue weighted by molar-refractivity contribution is 5.81. The van der Waals surface area contributed by atoms with E-state index in [1.165, 1.54) is 12.8 Å². The van der Waals surface area contributed by atoms with E-state index in [0.717, 1.165) is 38.4 Å². The average molecular weight is 239 g/mol. The minimum absolute atomic E-state index is 0.170. The van der Waals surface area contributed by atoms with Crippen LogP contribution in [-0.4, -0.2) is 54.5 Å². The van der Waals surface area contributed by atoms with Crippen molar-refractivity contribution in [2.45, 2.75) is 44.7 Å². The molecule has 2 rings (SSSR count). The van der Waals surface area contributed by atoms with Gasteiger partial charge in [-0.25, -0.2) is 0 Å². The third-order valence-corrected chi connectivity index (χ3v) is 4.16. The van der Waals surface area contributed by atoms with Crippen molar-refractivity contribution in [3.05, 3.63) is 0 Å². The fourth-order valence-electron chi connectivity index (χ4n) is 2.64. The van der Waals surface area contributed by atoms with E-state index < -0.39 is 0 Å². The summed E-state index contributed by atoms with van der Waals surface area (Å²) in [5.74, 6) is 0.895. The molecule has 1 unspecified atom stereocenters. The first kappa shape index (κ1) is 12.8. The Morgan fingerprint density at radius 2 is 2.12 bits per heavy atom. The molecule has 1 amide bonds. The highest BCUT2D eigenvalue weighted by Crippen LogP contribution is 2.33. The van der Waals surface area contributed by atoms with Gasteiger partial charge in [0.2, 0.25) is 5.91 Å². The smallest absolute Gasteiger partial charge is 0.239 e. The molecule has 0 radical (unpaired) electrons. The summed E-state index contributed by atoms with van der Waals surface area (Å²) in [5, 5.41) is 0. The van der Waals surface area contributed by atoms with Crippen LogP contribution in [0.15, 0.2) is 0 Å². The molecule has 1 aliphatic heterocycles. The Kier molecular flexibility index (Phi) is 4.05. The number of hydrogen-bond donors (Lipinski definition) is 1. The van der Waals surface area contributed by atoms with Gasteiger partial charge in [0.15, 0.2) is 0 Å². The number of likely N-dealkylation sites (N-methyl/N-ethyl adjacent to an activating group) is 1. The van der Waals surface area contributed by atoms with Crippen molar-refractivity contribution in [3.8, 4) is 0 Å². The van der Waals surface area contributed by atoms with Crippen molar-refractivity contribution in [1.29, 1.82) is 0 Å². The van der Waals surface area contributed by atoms with Crippen molar-refractivity contribution in [2.24, 2.45) is 11.7 Å². The van der Waals surface area contributed by atoms with E-state index >= 15 is 0 Å². The van der Waals surface area contributed by atoms with Crippen molar-refractivity contribution in [1.82, 2.24) is 9.80 Å². The number of amides is 1. The quantitative estimate of drug-likeness (QED) is 0.784. The molecule has 2 fully saturated rings. The largest absolute Gasteiger partial charge is 0.338 e. The number of piperazine rings is 1. The fraction of sp³-hybridized carbons (Fsp3) is 0.923. The van der Waals surface area contributed by atoms with Crippen LogP contribution in [0.25, 0.3) is 0 Å². The standard InChI is InChI=1S/C13H25N3O/c1-3-11-9-16(7-6-15(11)2)13(17)12(14)8-10-4-5-10/h10-12H,3-9,14H2,1-2H3/t11?,12-/m0/s1. The molecular formula is C13H25N3O. The highest BCUT2D eigenvalue weighted by Gasteiger charge is 2.32. The Bertz CT molecular complexity index is 278. The minimum Gasteiger partial charge on any atom is -0.338 e. The third-order valence-electron chi connectivity index (χ3n) is 4.16. The number of carbonyl (C=O) groups excluding carboxylic acids is 1. The van der Waals surface area contributed by atoms with Crippen LogP contribution >= 0.6 is 0 Å². The first-order chi connectivity index (χ1) is 8.11. The molecule has 2 atom stereocenters. The van der Waals surface area contributed by atoms with E-state index in [-0.39, 0.29) is 11.9 Å². The summed E-state index contributed by atoms with van der Waals surface area (Å²) in [6.45, 7) is 4.84. The van der Waals surface area contributed by atoms with Crippen molar-refractivity contribution >= 4 is 5.91 Å². The summed E-state index contributed by atoms with van der Waals surface area (Å²) in [4.78, 5) is 16.5. The highest BCUT2D eigenvalue weighted by atomic mass is 16.2. The normalized spacial score (nSPS) is 28.2. The van der Waals surface area contributed by atoms with Crippen LogP contribution in [0.2, 0.25) is 0 Å². The van der Waals surface area contributed by atoms with Crippen LogP contribution in [0.4, 0.5) is 0 Å². The second-order valence-electron chi connectivity index (χ2n) is 5.61. The molecule has 0 aromatic heterocycles. The first-order valence-electron chi connectivity index (χ1n) is 6.86. The third kappa shape index (κ3) is 3.19. The molecule has 0 aromatic carbocycles. The molecule has 0 spiro atoms. The SMILES string of the molecule is CCC1CN(C(=O)[C@@H](N)CC2CC2)CCN1C. The number of nitrogens with two attached hydrogens (primary N) is 1. The van der Waals surface area contributed by atoms with E-state index in [1.54, 1.807) is 0 Å². The summed E-state index contributed by atoms with van der Waals surface area (Å²) in [6, 6.07) is 0.240. The molecule has 0 aromatic rings. The fourth-order valence-corrected chi connectivity index (χ4v) is 2.64. The molecule has 1 saturated heterocycles. The first-order valence-corrected chi connectivity index (χ1v) is 6.86. The maximum Gasteiger partial charge on any atom is 0.239 e. The molecule has 4 nitrogen and oxygen atoms in total. The Labute approximate surface area is 104 Å². The van der Waals surface area contributed by atoms with Crippen LogP contribution in [0, 0.1) is 5.92 Å². The zero-order valence-electron chi connectivity index (χ0n) is 11.1. The maximum atomic E-state index is 12.2. The molecule has 1 aliphatic carbocycles. The Balaban J connectivity index is 1.85. The molecule has 4 heteroatoms. The zero-order valence-corrected chi connectivity index (χ0v) is 11.1. The van der Waals surface area contributed by atoms with Gasteiger partial charge in [0.05, 0.1) is 6.04 Å². The van der Waals surface area contributed by atoms with Gasteiger partial charge < -0.3 is 10.6 Å². The van der Waals surface area contributed by atoms with Crippen LogP contribution in [0.5, 0.6) is 0 Å². The van der Waals surface area contributed by atoms with Gasteiger partial charge in [-0.05, 0) is 25.8 Å². The van der Waals surface area contributed by atoms with Crippen molar-refractivity contribution in [3.63, 3.8) is 0 Å². The lowest BCUT2D eigenvalue weighted by Crippen LogP contribution is -2.56. The van der Waals surface area contributed by atoms with Crippen LogP contribution in [0.3, 0.4) is 0 Å². The van der Waals surface area contributed by atoms with Gasteiger partial charge in [0.25, 0.3) is 0 Å². The second-order valence-corrected chi connectivity index (χ2v) is 5.61. The summed E-state index contributed by atoms with van der Waals surface area (Å²) in [5.41, 5.74) is 6.01.